The number of β-lactam (4-membered cyclic amide) rings is 1. The second-order valence-electron chi connectivity index (χ2n) is 5.13. The van der Waals surface area contributed by atoms with Gasteiger partial charge in [0.05, 0.1) is 6.42 Å². The molecule has 2 fully saturated rings. The minimum Gasteiger partial charge on any atom is -0.480 e. The van der Waals surface area contributed by atoms with Crippen molar-refractivity contribution >= 4 is 39.1 Å². The Bertz CT molecular complexity index is 740. The molecule has 1 aromatic rings. The first-order valence-corrected chi connectivity index (χ1v) is 8.58. The summed E-state index contributed by atoms with van der Waals surface area (Å²) >= 11 is 1.31. The van der Waals surface area contributed by atoms with Crippen LogP contribution in [0.15, 0.2) is 17.7 Å². The molecule has 3 rings (SSSR count). The molecule has 0 bridgehead atoms. The van der Waals surface area contributed by atoms with E-state index in [-0.39, 0.29) is 6.42 Å². The van der Waals surface area contributed by atoms with Crippen molar-refractivity contribution in [3.05, 3.63) is 22.7 Å². The van der Waals surface area contributed by atoms with Crippen molar-refractivity contribution in [3.63, 3.8) is 0 Å². The number of fused-ring (bicyclic) bond motifs is 1. The third-order valence-corrected chi connectivity index (χ3v) is 7.42. The topological polar surface area (TPSA) is 105 Å². The van der Waals surface area contributed by atoms with Crippen molar-refractivity contribution in [2.24, 2.45) is 0 Å². The molecule has 1 aromatic heterocycles. The Morgan fingerprint density at radius 1 is 1.62 bits per heavy atom. The Morgan fingerprint density at radius 3 is 2.86 bits per heavy atom. The molecular weight excluding hydrogens is 316 g/mol. The van der Waals surface area contributed by atoms with E-state index in [1.54, 1.807) is 11.6 Å². The molecule has 21 heavy (non-hydrogen) atoms. The Kier molecular flexibility index (Phi) is 2.96. The zero-order valence-electron chi connectivity index (χ0n) is 11.0. The number of aliphatic carboxylic acids is 1. The zero-order chi connectivity index (χ0) is 15.4. The third-order valence-electron chi connectivity index (χ3n) is 3.98. The van der Waals surface area contributed by atoms with Crippen LogP contribution in [-0.2, 0) is 19.4 Å². The van der Waals surface area contributed by atoms with Gasteiger partial charge in [0.15, 0.2) is 15.9 Å². The maximum absolute atomic E-state index is 12.6. The van der Waals surface area contributed by atoms with E-state index in [1.807, 2.05) is 0 Å². The van der Waals surface area contributed by atoms with Crippen molar-refractivity contribution in [1.29, 1.82) is 0 Å². The smallest absolute Gasteiger partial charge is 0.328 e. The van der Waals surface area contributed by atoms with Gasteiger partial charge in [0, 0.05) is 11.6 Å². The summed E-state index contributed by atoms with van der Waals surface area (Å²) in [6, 6.07) is -1.40. The van der Waals surface area contributed by atoms with Crippen molar-refractivity contribution in [1.82, 2.24) is 9.88 Å². The van der Waals surface area contributed by atoms with Gasteiger partial charge < -0.3 is 10.0 Å². The summed E-state index contributed by atoms with van der Waals surface area (Å²) in [4.78, 5) is 28.1. The van der Waals surface area contributed by atoms with E-state index < -0.39 is 37.9 Å². The molecule has 1 amide bonds. The number of carbonyl (C=O) groups is 2. The lowest BCUT2D eigenvalue weighted by molar-refractivity contribution is -0.157. The van der Waals surface area contributed by atoms with E-state index in [9.17, 15) is 23.1 Å². The van der Waals surface area contributed by atoms with E-state index in [4.69, 9.17) is 0 Å². The van der Waals surface area contributed by atoms with E-state index in [0.717, 1.165) is 4.90 Å². The fraction of sp³-hybridized carbons (Fsp3) is 0.417. The summed E-state index contributed by atoms with van der Waals surface area (Å²) in [7, 11) is -3.79. The number of aromatic nitrogens is 1. The zero-order valence-corrected chi connectivity index (χ0v) is 12.6. The number of amides is 1. The number of hydrogen-bond acceptors (Lipinski definition) is 6. The number of nitrogens with zero attached hydrogens (tertiary/aromatic N) is 2. The molecule has 3 atom stereocenters. The SMILES string of the molecule is C[C@]1(/C=C\c2nccs2)[C@H](C(=O)O)N2C(=O)C[C@H]2S1(=O)=O. The second kappa shape index (κ2) is 4.38. The van der Waals surface area contributed by atoms with E-state index >= 15 is 0 Å². The molecule has 2 aliphatic rings. The predicted molar refractivity (Wildman–Crippen MR) is 75.1 cm³/mol. The minimum atomic E-state index is -3.79. The number of carboxylic acids is 1. The van der Waals surface area contributed by atoms with E-state index in [1.165, 1.54) is 30.4 Å². The number of hydrogen-bond donors (Lipinski definition) is 1. The summed E-state index contributed by atoms with van der Waals surface area (Å²) in [6.45, 7) is 1.34. The molecule has 2 saturated heterocycles. The van der Waals surface area contributed by atoms with E-state index in [0.29, 0.717) is 5.01 Å². The van der Waals surface area contributed by atoms with Crippen LogP contribution in [0.2, 0.25) is 0 Å². The molecule has 3 heterocycles. The monoisotopic (exact) mass is 328 g/mol. The van der Waals surface area contributed by atoms with Crippen LogP contribution in [0.4, 0.5) is 0 Å². The number of sulfone groups is 1. The van der Waals surface area contributed by atoms with Crippen molar-refractivity contribution in [2.45, 2.75) is 29.5 Å². The molecule has 0 aliphatic carbocycles. The fourth-order valence-corrected chi connectivity index (χ4v) is 5.60. The van der Waals surface area contributed by atoms with Crippen LogP contribution in [0.1, 0.15) is 18.4 Å². The molecule has 0 unspecified atom stereocenters. The summed E-state index contributed by atoms with van der Waals surface area (Å²) in [6.07, 6.45) is 4.26. The van der Waals surface area contributed by atoms with Gasteiger partial charge in [-0.15, -0.1) is 11.3 Å². The average Bonchev–Trinajstić information content (AvgIpc) is 2.95. The maximum atomic E-state index is 12.6. The predicted octanol–water partition coefficient (Wildman–Crippen LogP) is 0.355. The summed E-state index contributed by atoms with van der Waals surface area (Å²) in [5, 5.41) is 10.7. The van der Waals surface area contributed by atoms with Crippen LogP contribution in [0.25, 0.3) is 6.08 Å². The molecule has 2 aliphatic heterocycles. The highest BCUT2D eigenvalue weighted by atomic mass is 32.2. The Balaban J connectivity index is 2.08. The minimum absolute atomic E-state index is 0.146. The van der Waals surface area contributed by atoms with Crippen molar-refractivity contribution in [2.75, 3.05) is 0 Å². The highest BCUT2D eigenvalue weighted by molar-refractivity contribution is 7.94. The number of thiazole rings is 1. The lowest BCUT2D eigenvalue weighted by Gasteiger charge is -2.35. The van der Waals surface area contributed by atoms with Gasteiger partial charge in [0.2, 0.25) is 5.91 Å². The van der Waals surface area contributed by atoms with Gasteiger partial charge in [-0.3, -0.25) is 4.79 Å². The highest BCUT2D eigenvalue weighted by Crippen LogP contribution is 2.47. The third kappa shape index (κ3) is 1.77. The first-order valence-electron chi connectivity index (χ1n) is 6.15. The van der Waals surface area contributed by atoms with Crippen LogP contribution in [0.5, 0.6) is 0 Å². The molecule has 9 heteroatoms. The lowest BCUT2D eigenvalue weighted by atomic mass is 9.96. The Morgan fingerprint density at radius 2 is 2.33 bits per heavy atom. The van der Waals surface area contributed by atoms with Crippen LogP contribution >= 0.6 is 11.3 Å². The van der Waals surface area contributed by atoms with Crippen LogP contribution in [0, 0.1) is 0 Å². The summed E-state index contributed by atoms with van der Waals surface area (Å²) in [5.74, 6) is -1.76. The number of carboxylic acid groups (broad SMARTS) is 1. The van der Waals surface area contributed by atoms with Gasteiger partial charge >= 0.3 is 5.97 Å². The average molecular weight is 328 g/mol. The van der Waals surface area contributed by atoms with Crippen LogP contribution in [-0.4, -0.2) is 51.4 Å². The molecule has 0 spiro atoms. The Labute approximate surface area is 124 Å². The van der Waals surface area contributed by atoms with E-state index in [2.05, 4.69) is 4.98 Å². The molecule has 0 saturated carbocycles. The Hall–Kier alpha value is -1.74. The number of carbonyl (C=O) groups excluding carboxylic acids is 1. The first kappa shape index (κ1) is 14.2. The van der Waals surface area contributed by atoms with Gasteiger partial charge in [0.25, 0.3) is 0 Å². The number of rotatable bonds is 3. The van der Waals surface area contributed by atoms with Crippen molar-refractivity contribution in [3.8, 4) is 0 Å². The van der Waals surface area contributed by atoms with Crippen LogP contribution < -0.4 is 0 Å². The summed E-state index contributed by atoms with van der Waals surface area (Å²) in [5.41, 5.74) is 0. The molecule has 0 radical (unpaired) electrons. The fourth-order valence-electron chi connectivity index (χ4n) is 2.80. The maximum Gasteiger partial charge on any atom is 0.328 e. The molecule has 112 valence electrons. The largest absolute Gasteiger partial charge is 0.480 e. The standard InChI is InChI=1S/C12H12N2O5S2/c1-12(3-2-7-13-4-5-20-7)10(11(16)17)14-8(15)6-9(14)21(12,18)19/h2-5,9-10H,6H2,1H3,(H,16,17)/b3-2-/t9-,10+,12+/m1/s1. The van der Waals surface area contributed by atoms with Gasteiger partial charge in [-0.1, -0.05) is 6.08 Å². The first-order chi connectivity index (χ1) is 9.79. The van der Waals surface area contributed by atoms with Gasteiger partial charge in [-0.05, 0) is 13.0 Å². The van der Waals surface area contributed by atoms with Crippen LogP contribution in [0.3, 0.4) is 0 Å². The molecule has 0 aromatic carbocycles. The molecule has 7 nitrogen and oxygen atoms in total. The second-order valence-corrected chi connectivity index (χ2v) is 8.57. The van der Waals surface area contributed by atoms with Crippen molar-refractivity contribution < 1.29 is 23.1 Å². The van der Waals surface area contributed by atoms with Gasteiger partial charge in [-0.25, -0.2) is 18.2 Å². The normalized spacial score (nSPS) is 34.0. The van der Waals surface area contributed by atoms with Gasteiger partial charge in [0.1, 0.15) is 15.1 Å². The summed E-state index contributed by atoms with van der Waals surface area (Å²) < 4.78 is 23.5. The quantitative estimate of drug-likeness (QED) is 0.803. The molecular formula is C12H12N2O5S2. The lowest BCUT2D eigenvalue weighted by Crippen LogP contribution is -2.57. The molecule has 1 N–H and O–H groups in total. The van der Waals surface area contributed by atoms with Gasteiger partial charge in [-0.2, -0.15) is 0 Å². The highest BCUT2D eigenvalue weighted by Gasteiger charge is 2.68.